The average Bonchev–Trinajstić information content (AvgIpc) is 3.03. The van der Waals surface area contributed by atoms with Gasteiger partial charge in [0.1, 0.15) is 17.9 Å². The SMILES string of the molecule is CC(C)(C)c1cc(C(=O)NC2(c3ncn[nH]3)CCC2)cc(C(C)(C)C)c1O. The van der Waals surface area contributed by atoms with Gasteiger partial charge >= 0.3 is 0 Å². The van der Waals surface area contributed by atoms with Gasteiger partial charge in [-0.25, -0.2) is 4.98 Å². The van der Waals surface area contributed by atoms with Crippen molar-refractivity contribution in [3.63, 3.8) is 0 Å². The van der Waals surface area contributed by atoms with Gasteiger partial charge in [0.2, 0.25) is 0 Å². The van der Waals surface area contributed by atoms with Crippen LogP contribution in [0.25, 0.3) is 0 Å². The van der Waals surface area contributed by atoms with Gasteiger partial charge in [0.25, 0.3) is 5.91 Å². The second kappa shape index (κ2) is 6.36. The Labute approximate surface area is 160 Å². The Morgan fingerprint density at radius 3 is 2.04 bits per heavy atom. The molecule has 146 valence electrons. The van der Waals surface area contributed by atoms with Crippen molar-refractivity contribution in [1.29, 1.82) is 0 Å². The molecule has 0 radical (unpaired) electrons. The Hall–Kier alpha value is -2.37. The van der Waals surface area contributed by atoms with E-state index in [1.165, 1.54) is 6.33 Å². The molecule has 0 saturated heterocycles. The third-order valence-electron chi connectivity index (χ3n) is 5.42. The molecule has 1 fully saturated rings. The fourth-order valence-corrected chi connectivity index (χ4v) is 3.59. The summed E-state index contributed by atoms with van der Waals surface area (Å²) in [5, 5.41) is 20.9. The number of hydrogen-bond donors (Lipinski definition) is 3. The lowest BCUT2D eigenvalue weighted by Crippen LogP contribution is -2.51. The number of nitrogens with zero attached hydrogens (tertiary/aromatic N) is 2. The van der Waals surface area contributed by atoms with Crippen LogP contribution in [0.5, 0.6) is 5.75 Å². The van der Waals surface area contributed by atoms with Gasteiger partial charge in [0.15, 0.2) is 0 Å². The van der Waals surface area contributed by atoms with Gasteiger partial charge in [0.05, 0.1) is 5.54 Å². The molecule has 3 rings (SSSR count). The number of carbonyl (C=O) groups excluding carboxylic acids is 1. The normalized spacial score (nSPS) is 16.7. The number of H-pyrrole nitrogens is 1. The first-order chi connectivity index (χ1) is 12.4. The summed E-state index contributed by atoms with van der Waals surface area (Å²) in [4.78, 5) is 17.4. The zero-order chi connectivity index (χ0) is 20.0. The number of aromatic hydroxyl groups is 1. The van der Waals surface area contributed by atoms with E-state index >= 15 is 0 Å². The number of rotatable bonds is 3. The predicted molar refractivity (Wildman–Crippen MR) is 105 cm³/mol. The number of nitrogens with one attached hydrogen (secondary N) is 2. The minimum atomic E-state index is -0.477. The van der Waals surface area contributed by atoms with Gasteiger partial charge in [-0.15, -0.1) is 0 Å². The Morgan fingerprint density at radius 1 is 1.11 bits per heavy atom. The van der Waals surface area contributed by atoms with Crippen LogP contribution in [-0.2, 0) is 16.4 Å². The maximum atomic E-state index is 13.2. The van der Waals surface area contributed by atoms with E-state index in [1.54, 1.807) is 0 Å². The van der Waals surface area contributed by atoms with E-state index in [1.807, 2.05) is 53.7 Å². The summed E-state index contributed by atoms with van der Waals surface area (Å²) < 4.78 is 0. The second-order valence-electron chi connectivity index (χ2n) is 9.64. The van der Waals surface area contributed by atoms with Gasteiger partial charge in [-0.3, -0.25) is 9.89 Å². The molecule has 2 aromatic rings. The molecule has 0 bridgehead atoms. The third-order valence-corrected chi connectivity index (χ3v) is 5.42. The molecule has 6 heteroatoms. The smallest absolute Gasteiger partial charge is 0.252 e. The van der Waals surface area contributed by atoms with E-state index in [2.05, 4.69) is 20.5 Å². The van der Waals surface area contributed by atoms with E-state index < -0.39 is 5.54 Å². The van der Waals surface area contributed by atoms with Crippen LogP contribution >= 0.6 is 0 Å². The molecule has 1 saturated carbocycles. The maximum absolute atomic E-state index is 13.2. The fourth-order valence-electron chi connectivity index (χ4n) is 3.59. The summed E-state index contributed by atoms with van der Waals surface area (Å²) in [6, 6.07) is 3.62. The van der Waals surface area contributed by atoms with Crippen LogP contribution in [-0.4, -0.2) is 26.2 Å². The lowest BCUT2D eigenvalue weighted by molar-refractivity contribution is 0.0809. The largest absolute Gasteiger partial charge is 0.507 e. The third kappa shape index (κ3) is 3.57. The summed E-state index contributed by atoms with van der Waals surface area (Å²) in [6.45, 7) is 12.2. The van der Waals surface area contributed by atoms with E-state index in [0.29, 0.717) is 11.4 Å². The molecular weight excluding hydrogens is 340 g/mol. The maximum Gasteiger partial charge on any atom is 0.252 e. The van der Waals surface area contributed by atoms with Crippen LogP contribution in [0.1, 0.15) is 88.1 Å². The predicted octanol–water partition coefficient (Wildman–Crippen LogP) is 3.91. The topological polar surface area (TPSA) is 90.9 Å². The Morgan fingerprint density at radius 2 is 1.67 bits per heavy atom. The molecule has 3 N–H and O–H groups in total. The minimum absolute atomic E-state index is 0.151. The van der Waals surface area contributed by atoms with Crippen molar-refractivity contribution >= 4 is 5.91 Å². The summed E-state index contributed by atoms with van der Waals surface area (Å²) in [5.74, 6) is 0.829. The average molecular weight is 370 g/mol. The first kappa shape index (κ1) is 19.4. The molecule has 1 aromatic heterocycles. The summed E-state index contributed by atoms with van der Waals surface area (Å²) >= 11 is 0. The number of amides is 1. The number of phenolic OH excluding ortho intramolecular Hbond substituents is 1. The van der Waals surface area contributed by atoms with E-state index in [0.717, 1.165) is 30.4 Å². The molecular formula is C21H30N4O2. The highest BCUT2D eigenvalue weighted by Gasteiger charge is 2.43. The van der Waals surface area contributed by atoms with Gasteiger partial charge in [0, 0.05) is 16.7 Å². The lowest BCUT2D eigenvalue weighted by atomic mass is 9.75. The van der Waals surface area contributed by atoms with Gasteiger partial charge in [-0.2, -0.15) is 5.10 Å². The lowest BCUT2D eigenvalue weighted by Gasteiger charge is -2.40. The molecule has 1 aliphatic carbocycles. The number of aromatic nitrogens is 3. The van der Waals surface area contributed by atoms with Crippen LogP contribution in [0.2, 0.25) is 0 Å². The van der Waals surface area contributed by atoms with Crippen LogP contribution in [0.15, 0.2) is 18.5 Å². The summed E-state index contributed by atoms with van der Waals surface area (Å²) in [5.41, 5.74) is 1.09. The van der Waals surface area contributed by atoms with Crippen molar-refractivity contribution in [1.82, 2.24) is 20.5 Å². The van der Waals surface area contributed by atoms with Gasteiger partial charge in [-0.05, 0) is 42.2 Å². The van der Waals surface area contributed by atoms with Crippen molar-refractivity contribution < 1.29 is 9.90 Å². The van der Waals surface area contributed by atoms with E-state index in [9.17, 15) is 9.90 Å². The molecule has 0 unspecified atom stereocenters. The molecule has 1 aromatic carbocycles. The zero-order valence-corrected chi connectivity index (χ0v) is 17.1. The Bertz CT molecular complexity index is 803. The first-order valence-corrected chi connectivity index (χ1v) is 9.50. The summed E-state index contributed by atoms with van der Waals surface area (Å²) in [6.07, 6.45) is 4.18. The van der Waals surface area contributed by atoms with Gasteiger partial charge in [-0.1, -0.05) is 41.5 Å². The molecule has 6 nitrogen and oxygen atoms in total. The number of carbonyl (C=O) groups is 1. The number of aromatic amines is 1. The monoisotopic (exact) mass is 370 g/mol. The van der Waals surface area contributed by atoms with E-state index in [-0.39, 0.29) is 22.5 Å². The molecule has 27 heavy (non-hydrogen) atoms. The van der Waals surface area contributed by atoms with Crippen LogP contribution < -0.4 is 5.32 Å². The molecule has 0 atom stereocenters. The molecule has 1 aliphatic rings. The van der Waals surface area contributed by atoms with E-state index in [4.69, 9.17) is 0 Å². The first-order valence-electron chi connectivity index (χ1n) is 9.50. The molecule has 0 aliphatic heterocycles. The van der Waals surface area contributed by atoms with Crippen LogP contribution in [0.4, 0.5) is 0 Å². The molecule has 1 heterocycles. The highest BCUT2D eigenvalue weighted by atomic mass is 16.3. The Balaban J connectivity index is 2.02. The standard InChI is InChI=1S/C21H30N4O2/c1-19(2,3)14-10-13(11-15(16(14)26)20(4,5)6)17(27)24-21(8-7-9-21)18-22-12-23-25-18/h10-12,26H,7-9H2,1-6H3,(H,24,27)(H,22,23,25). The quantitative estimate of drug-likeness (QED) is 0.764. The van der Waals surface area contributed by atoms with Gasteiger partial charge < -0.3 is 10.4 Å². The van der Waals surface area contributed by atoms with Crippen molar-refractivity contribution in [2.45, 2.75) is 77.2 Å². The second-order valence-corrected chi connectivity index (χ2v) is 9.64. The minimum Gasteiger partial charge on any atom is -0.507 e. The van der Waals surface area contributed by atoms with Crippen molar-refractivity contribution in [3.05, 3.63) is 41.0 Å². The van der Waals surface area contributed by atoms with Crippen molar-refractivity contribution in [2.75, 3.05) is 0 Å². The summed E-state index contributed by atoms with van der Waals surface area (Å²) in [7, 11) is 0. The fraction of sp³-hybridized carbons (Fsp3) is 0.571. The highest BCUT2D eigenvalue weighted by molar-refractivity contribution is 5.95. The van der Waals surface area contributed by atoms with Crippen molar-refractivity contribution in [2.24, 2.45) is 0 Å². The number of benzene rings is 1. The number of phenols is 1. The van der Waals surface area contributed by atoms with Crippen LogP contribution in [0.3, 0.4) is 0 Å². The zero-order valence-electron chi connectivity index (χ0n) is 17.1. The number of hydrogen-bond acceptors (Lipinski definition) is 4. The highest BCUT2D eigenvalue weighted by Crippen LogP contribution is 2.42. The Kier molecular flexibility index (Phi) is 4.57. The van der Waals surface area contributed by atoms with Crippen LogP contribution in [0, 0.1) is 0 Å². The molecule has 1 amide bonds. The molecule has 0 spiro atoms. The van der Waals surface area contributed by atoms with Crippen molar-refractivity contribution in [3.8, 4) is 5.75 Å².